The third-order valence-electron chi connectivity index (χ3n) is 4.41. The van der Waals surface area contributed by atoms with E-state index in [2.05, 4.69) is 17.3 Å². The van der Waals surface area contributed by atoms with E-state index in [0.717, 1.165) is 18.7 Å². The van der Waals surface area contributed by atoms with Crippen molar-refractivity contribution in [2.45, 2.75) is 31.7 Å². The van der Waals surface area contributed by atoms with Gasteiger partial charge in [-0.05, 0) is 38.4 Å². The molecule has 0 aliphatic carbocycles. The average Bonchev–Trinajstić information content (AvgIpc) is 2.52. The fraction of sp³-hybridized carbons (Fsp3) is 0.588. The number of amides is 1. The van der Waals surface area contributed by atoms with Crippen LogP contribution in [0.4, 0.5) is 0 Å². The molecular weight excluding hydrogens is 262 g/mol. The van der Waals surface area contributed by atoms with Crippen LogP contribution in [-0.4, -0.2) is 43.5 Å². The number of likely N-dealkylation sites (N-methyl/N-ethyl adjacent to an activating group) is 1. The summed E-state index contributed by atoms with van der Waals surface area (Å²) in [6.45, 7) is 2.26. The molecule has 116 valence electrons. The van der Waals surface area contributed by atoms with E-state index in [0.29, 0.717) is 19.0 Å². The molecule has 2 unspecified atom stereocenters. The van der Waals surface area contributed by atoms with Crippen LogP contribution >= 0.6 is 0 Å². The predicted molar refractivity (Wildman–Crippen MR) is 86.0 cm³/mol. The van der Waals surface area contributed by atoms with E-state index in [1.807, 2.05) is 30.3 Å². The lowest BCUT2D eigenvalue weighted by Crippen LogP contribution is -2.46. The smallest absolute Gasteiger partial charge is 0.224 e. The van der Waals surface area contributed by atoms with E-state index in [9.17, 15) is 4.79 Å². The van der Waals surface area contributed by atoms with Crippen LogP contribution in [0, 0.1) is 5.92 Å². The number of likely N-dealkylation sites (tertiary alicyclic amines) is 1. The van der Waals surface area contributed by atoms with Gasteiger partial charge in [0.15, 0.2) is 0 Å². The second kappa shape index (κ2) is 8.15. The van der Waals surface area contributed by atoms with Crippen molar-refractivity contribution >= 4 is 5.91 Å². The fourth-order valence-electron chi connectivity index (χ4n) is 2.95. The molecule has 1 fully saturated rings. The molecule has 0 bridgehead atoms. The Morgan fingerprint density at radius 1 is 1.38 bits per heavy atom. The summed E-state index contributed by atoms with van der Waals surface area (Å²) in [6.07, 6.45) is 4.40. The number of piperidine rings is 1. The Morgan fingerprint density at radius 3 is 2.81 bits per heavy atom. The largest absolute Gasteiger partial charge is 0.354 e. The molecule has 1 aromatic carbocycles. The van der Waals surface area contributed by atoms with Crippen LogP contribution in [-0.2, 0) is 11.2 Å². The molecule has 4 heteroatoms. The van der Waals surface area contributed by atoms with Gasteiger partial charge in [0.1, 0.15) is 0 Å². The number of nitrogens with one attached hydrogen (secondary N) is 1. The summed E-state index contributed by atoms with van der Waals surface area (Å²) >= 11 is 0. The molecule has 1 aliphatic heterocycles. The maximum absolute atomic E-state index is 12.3. The van der Waals surface area contributed by atoms with Gasteiger partial charge < -0.3 is 16.0 Å². The van der Waals surface area contributed by atoms with Crippen molar-refractivity contribution in [3.05, 3.63) is 35.9 Å². The summed E-state index contributed by atoms with van der Waals surface area (Å²) < 4.78 is 0. The molecule has 0 spiro atoms. The van der Waals surface area contributed by atoms with E-state index >= 15 is 0 Å². The highest BCUT2D eigenvalue weighted by atomic mass is 16.1. The molecule has 0 radical (unpaired) electrons. The summed E-state index contributed by atoms with van der Waals surface area (Å²) in [6, 6.07) is 10.5. The minimum Gasteiger partial charge on any atom is -0.354 e. The van der Waals surface area contributed by atoms with Crippen molar-refractivity contribution in [1.29, 1.82) is 0 Å². The Morgan fingerprint density at radius 2 is 2.14 bits per heavy atom. The summed E-state index contributed by atoms with van der Waals surface area (Å²) in [4.78, 5) is 14.7. The summed E-state index contributed by atoms with van der Waals surface area (Å²) in [7, 11) is 2.14. The molecule has 1 saturated heterocycles. The van der Waals surface area contributed by atoms with E-state index in [-0.39, 0.29) is 11.8 Å². The van der Waals surface area contributed by atoms with Gasteiger partial charge in [0.2, 0.25) is 5.91 Å². The van der Waals surface area contributed by atoms with E-state index in [4.69, 9.17) is 5.73 Å². The molecule has 1 heterocycles. The minimum atomic E-state index is -0.138. The number of rotatable bonds is 6. The quantitative estimate of drug-likeness (QED) is 0.832. The summed E-state index contributed by atoms with van der Waals surface area (Å²) in [5.41, 5.74) is 6.95. The highest BCUT2D eigenvalue weighted by Gasteiger charge is 2.22. The minimum absolute atomic E-state index is 0.0836. The maximum Gasteiger partial charge on any atom is 0.224 e. The normalized spacial score (nSPS) is 21.0. The van der Waals surface area contributed by atoms with Gasteiger partial charge in [-0.15, -0.1) is 0 Å². The molecule has 4 nitrogen and oxygen atoms in total. The van der Waals surface area contributed by atoms with Gasteiger partial charge in [0.25, 0.3) is 0 Å². The first kappa shape index (κ1) is 16.0. The van der Waals surface area contributed by atoms with Crippen molar-refractivity contribution in [3.8, 4) is 0 Å². The SMILES string of the molecule is CN1CCCCC1CNC(=O)C(CN)Cc1ccccc1. The van der Waals surface area contributed by atoms with Crippen molar-refractivity contribution in [2.24, 2.45) is 11.7 Å². The summed E-state index contributed by atoms with van der Waals surface area (Å²) in [5, 5.41) is 3.09. The standard InChI is InChI=1S/C17H27N3O/c1-20-10-6-5-9-16(20)13-19-17(21)15(12-18)11-14-7-3-2-4-8-14/h2-4,7-8,15-16H,5-6,9-13,18H2,1H3,(H,19,21). The molecule has 2 atom stereocenters. The highest BCUT2D eigenvalue weighted by molar-refractivity contribution is 5.79. The molecule has 0 saturated carbocycles. The second-order valence-corrected chi connectivity index (χ2v) is 6.00. The van der Waals surface area contributed by atoms with E-state index < -0.39 is 0 Å². The van der Waals surface area contributed by atoms with Gasteiger partial charge in [-0.2, -0.15) is 0 Å². The molecular formula is C17H27N3O. The van der Waals surface area contributed by atoms with Gasteiger partial charge in [-0.1, -0.05) is 36.8 Å². The zero-order valence-corrected chi connectivity index (χ0v) is 12.9. The Labute approximate surface area is 127 Å². The zero-order valence-electron chi connectivity index (χ0n) is 12.9. The molecule has 1 aliphatic rings. The number of benzene rings is 1. The van der Waals surface area contributed by atoms with Crippen LogP contribution in [0.2, 0.25) is 0 Å². The van der Waals surface area contributed by atoms with Crippen molar-refractivity contribution in [3.63, 3.8) is 0 Å². The topological polar surface area (TPSA) is 58.4 Å². The number of carbonyl (C=O) groups excluding carboxylic acids is 1. The van der Waals surface area contributed by atoms with Gasteiger partial charge in [0, 0.05) is 19.1 Å². The molecule has 0 aromatic heterocycles. The van der Waals surface area contributed by atoms with Crippen LogP contribution in [0.25, 0.3) is 0 Å². The lowest BCUT2D eigenvalue weighted by Gasteiger charge is -2.32. The Bertz CT molecular complexity index is 435. The molecule has 21 heavy (non-hydrogen) atoms. The molecule has 1 amide bonds. The van der Waals surface area contributed by atoms with Gasteiger partial charge in [-0.3, -0.25) is 4.79 Å². The van der Waals surface area contributed by atoms with E-state index in [1.54, 1.807) is 0 Å². The van der Waals surface area contributed by atoms with Crippen molar-refractivity contribution in [2.75, 3.05) is 26.7 Å². The van der Waals surface area contributed by atoms with Crippen molar-refractivity contribution < 1.29 is 4.79 Å². The fourth-order valence-corrected chi connectivity index (χ4v) is 2.95. The lowest BCUT2D eigenvalue weighted by atomic mass is 9.98. The first-order chi connectivity index (χ1) is 10.2. The van der Waals surface area contributed by atoms with Crippen LogP contribution in [0.15, 0.2) is 30.3 Å². The lowest BCUT2D eigenvalue weighted by molar-refractivity contribution is -0.125. The third-order valence-corrected chi connectivity index (χ3v) is 4.41. The Kier molecular flexibility index (Phi) is 6.21. The second-order valence-electron chi connectivity index (χ2n) is 6.00. The Balaban J connectivity index is 1.82. The maximum atomic E-state index is 12.3. The van der Waals surface area contributed by atoms with E-state index in [1.165, 1.54) is 19.3 Å². The van der Waals surface area contributed by atoms with Gasteiger partial charge >= 0.3 is 0 Å². The first-order valence-corrected chi connectivity index (χ1v) is 7.92. The third kappa shape index (κ3) is 4.83. The van der Waals surface area contributed by atoms with Crippen LogP contribution in [0.3, 0.4) is 0 Å². The first-order valence-electron chi connectivity index (χ1n) is 7.92. The molecule has 3 N–H and O–H groups in total. The number of carbonyl (C=O) groups is 1. The number of hydrogen-bond acceptors (Lipinski definition) is 3. The molecule has 1 aromatic rings. The van der Waals surface area contributed by atoms with Crippen molar-refractivity contribution in [1.82, 2.24) is 10.2 Å². The highest BCUT2D eigenvalue weighted by Crippen LogP contribution is 2.14. The number of nitrogens with two attached hydrogens (primary N) is 1. The van der Waals surface area contributed by atoms with Gasteiger partial charge in [-0.25, -0.2) is 0 Å². The van der Waals surface area contributed by atoms with Gasteiger partial charge in [0.05, 0.1) is 5.92 Å². The Hall–Kier alpha value is -1.39. The number of hydrogen-bond donors (Lipinski definition) is 2. The van der Waals surface area contributed by atoms with Crippen LogP contribution < -0.4 is 11.1 Å². The molecule has 2 rings (SSSR count). The monoisotopic (exact) mass is 289 g/mol. The zero-order chi connectivity index (χ0) is 15.1. The van der Waals surface area contributed by atoms with Crippen LogP contribution in [0.5, 0.6) is 0 Å². The van der Waals surface area contributed by atoms with Crippen LogP contribution in [0.1, 0.15) is 24.8 Å². The predicted octanol–water partition coefficient (Wildman–Crippen LogP) is 1.40. The number of nitrogens with zero attached hydrogens (tertiary/aromatic N) is 1. The summed E-state index contributed by atoms with van der Waals surface area (Å²) in [5.74, 6) is -0.0541. The average molecular weight is 289 g/mol.